The van der Waals surface area contributed by atoms with Crippen molar-refractivity contribution in [2.24, 2.45) is 0 Å². The zero-order valence-electron chi connectivity index (χ0n) is 9.56. The molecule has 7 heteroatoms. The van der Waals surface area contributed by atoms with Crippen molar-refractivity contribution in [1.82, 2.24) is 9.71 Å². The zero-order valence-corrected chi connectivity index (χ0v) is 10.4. The van der Waals surface area contributed by atoms with Crippen LogP contribution in [0.2, 0.25) is 0 Å². The van der Waals surface area contributed by atoms with E-state index in [2.05, 4.69) is 9.71 Å². The number of H-pyrrole nitrogens is 1. The quantitative estimate of drug-likeness (QED) is 0.708. The van der Waals surface area contributed by atoms with Crippen LogP contribution < -0.4 is 4.72 Å². The van der Waals surface area contributed by atoms with Crippen molar-refractivity contribution in [1.29, 1.82) is 0 Å². The second kappa shape index (κ2) is 4.41. The highest BCUT2D eigenvalue weighted by atomic mass is 32.2. The van der Waals surface area contributed by atoms with Crippen molar-refractivity contribution >= 4 is 10.0 Å². The van der Waals surface area contributed by atoms with Crippen molar-refractivity contribution in [3.63, 3.8) is 0 Å². The van der Waals surface area contributed by atoms with E-state index in [1.165, 1.54) is 12.3 Å². The van der Waals surface area contributed by atoms with Gasteiger partial charge in [-0.2, -0.15) is 0 Å². The van der Waals surface area contributed by atoms with E-state index in [-0.39, 0.29) is 11.5 Å². The molecule has 2 heterocycles. The predicted octanol–water partition coefficient (Wildman–Crippen LogP) is -0.0357. The third kappa shape index (κ3) is 2.68. The van der Waals surface area contributed by atoms with Crippen LogP contribution in [0.25, 0.3) is 0 Å². The van der Waals surface area contributed by atoms with Gasteiger partial charge in [-0.3, -0.25) is 0 Å². The number of hydrogen-bond acceptors (Lipinski definition) is 4. The van der Waals surface area contributed by atoms with Gasteiger partial charge in [-0.1, -0.05) is 0 Å². The maximum atomic E-state index is 12.1. The fourth-order valence-electron chi connectivity index (χ4n) is 1.80. The van der Waals surface area contributed by atoms with Gasteiger partial charge < -0.3 is 14.8 Å². The number of hydrogen-bond donors (Lipinski definition) is 3. The van der Waals surface area contributed by atoms with Crippen molar-refractivity contribution in [2.75, 3.05) is 13.2 Å². The van der Waals surface area contributed by atoms with Crippen molar-refractivity contribution in [3.05, 3.63) is 18.0 Å². The molecule has 0 bridgehead atoms. The molecule has 0 spiro atoms. The molecule has 3 N–H and O–H groups in total. The molecule has 1 atom stereocenters. The van der Waals surface area contributed by atoms with Gasteiger partial charge in [-0.15, -0.1) is 0 Å². The molecule has 96 valence electrons. The molecule has 0 radical (unpaired) electrons. The average molecular weight is 260 g/mol. The summed E-state index contributed by atoms with van der Waals surface area (Å²) in [5.74, 6) is 0. The molecule has 1 aromatic heterocycles. The van der Waals surface area contributed by atoms with Crippen LogP contribution in [0.4, 0.5) is 0 Å². The molecule has 1 fully saturated rings. The second-order valence-corrected chi connectivity index (χ2v) is 6.17. The number of aliphatic hydroxyl groups is 1. The Balaban J connectivity index is 2.18. The second-order valence-electron chi connectivity index (χ2n) is 4.49. The van der Waals surface area contributed by atoms with Crippen LogP contribution in [-0.4, -0.2) is 37.3 Å². The first-order chi connectivity index (χ1) is 7.95. The largest absolute Gasteiger partial charge is 0.390 e. The minimum absolute atomic E-state index is 0.134. The van der Waals surface area contributed by atoms with Gasteiger partial charge >= 0.3 is 0 Å². The van der Waals surface area contributed by atoms with Gasteiger partial charge in [0, 0.05) is 18.5 Å². The lowest BCUT2D eigenvalue weighted by molar-refractivity contribution is 0.178. The molecule has 2 rings (SSSR count). The van der Waals surface area contributed by atoms with Crippen LogP contribution >= 0.6 is 0 Å². The Hall–Kier alpha value is -0.890. The highest BCUT2D eigenvalue weighted by Crippen LogP contribution is 2.21. The first-order valence-corrected chi connectivity index (χ1v) is 6.83. The highest BCUT2D eigenvalue weighted by molar-refractivity contribution is 7.89. The van der Waals surface area contributed by atoms with Gasteiger partial charge in [0.2, 0.25) is 10.0 Å². The highest BCUT2D eigenvalue weighted by Gasteiger charge is 2.34. The van der Waals surface area contributed by atoms with Gasteiger partial charge in [0.25, 0.3) is 0 Å². The SMILES string of the molecule is CC1(NS(=O)(=O)c2c[nH]c(CO)c2)CCOC1. The molecule has 0 aliphatic carbocycles. The van der Waals surface area contributed by atoms with E-state index in [1.807, 2.05) is 6.92 Å². The molecule has 6 nitrogen and oxygen atoms in total. The molecule has 0 amide bonds. The monoisotopic (exact) mass is 260 g/mol. The molecular formula is C10H16N2O4S. The fraction of sp³-hybridized carbons (Fsp3) is 0.600. The predicted molar refractivity (Wildman–Crippen MR) is 60.9 cm³/mol. The third-order valence-corrected chi connectivity index (χ3v) is 4.41. The van der Waals surface area contributed by atoms with Crippen LogP contribution in [0.1, 0.15) is 19.0 Å². The smallest absolute Gasteiger partial charge is 0.242 e. The fourth-order valence-corrected chi connectivity index (χ4v) is 3.24. The third-order valence-electron chi connectivity index (χ3n) is 2.80. The summed E-state index contributed by atoms with van der Waals surface area (Å²) in [6, 6.07) is 1.42. The Labute approximate surface area is 100 Å². The number of sulfonamides is 1. The van der Waals surface area contributed by atoms with E-state index in [0.29, 0.717) is 25.3 Å². The topological polar surface area (TPSA) is 91.4 Å². The molecule has 1 unspecified atom stereocenters. The van der Waals surface area contributed by atoms with Crippen LogP contribution in [0.5, 0.6) is 0 Å². The van der Waals surface area contributed by atoms with Crippen molar-refractivity contribution < 1.29 is 18.3 Å². The lowest BCUT2D eigenvalue weighted by Gasteiger charge is -2.22. The van der Waals surface area contributed by atoms with Crippen LogP contribution in [0.15, 0.2) is 17.2 Å². The normalized spacial score (nSPS) is 25.3. The van der Waals surface area contributed by atoms with Crippen LogP contribution in [-0.2, 0) is 21.4 Å². The molecule has 0 saturated carbocycles. The summed E-state index contributed by atoms with van der Waals surface area (Å²) in [6.07, 6.45) is 2.02. The Morgan fingerprint density at radius 3 is 2.94 bits per heavy atom. The molecule has 17 heavy (non-hydrogen) atoms. The summed E-state index contributed by atoms with van der Waals surface area (Å²) in [6.45, 7) is 2.55. The van der Waals surface area contributed by atoms with Gasteiger partial charge in [0.1, 0.15) is 0 Å². The number of aliphatic hydroxyl groups excluding tert-OH is 1. The molecule has 1 aliphatic heterocycles. The summed E-state index contributed by atoms with van der Waals surface area (Å²) < 4.78 is 31.9. The minimum Gasteiger partial charge on any atom is -0.390 e. The first kappa shape index (κ1) is 12.6. The van der Waals surface area contributed by atoms with Gasteiger partial charge in [0.05, 0.1) is 23.6 Å². The maximum absolute atomic E-state index is 12.1. The Kier molecular flexibility index (Phi) is 3.26. The van der Waals surface area contributed by atoms with E-state index >= 15 is 0 Å². The molecule has 1 aliphatic rings. The maximum Gasteiger partial charge on any atom is 0.242 e. The summed E-state index contributed by atoms with van der Waals surface area (Å²) in [4.78, 5) is 2.83. The van der Waals surface area contributed by atoms with Crippen LogP contribution in [0, 0.1) is 0 Å². The number of aromatic amines is 1. The van der Waals surface area contributed by atoms with Crippen molar-refractivity contribution in [3.8, 4) is 0 Å². The van der Waals surface area contributed by atoms with E-state index in [4.69, 9.17) is 9.84 Å². The summed E-state index contributed by atoms with van der Waals surface area (Å²) in [5, 5.41) is 8.89. The van der Waals surface area contributed by atoms with Crippen molar-refractivity contribution in [2.45, 2.75) is 30.4 Å². The number of nitrogens with one attached hydrogen (secondary N) is 2. The molecule has 1 aromatic rings. The standard InChI is InChI=1S/C10H16N2O4S/c1-10(2-3-16-7-10)12-17(14,15)9-4-8(6-13)11-5-9/h4-5,11-13H,2-3,6-7H2,1H3. The lowest BCUT2D eigenvalue weighted by atomic mass is 10.0. The zero-order chi connectivity index (χ0) is 12.5. The van der Waals surface area contributed by atoms with Crippen LogP contribution in [0.3, 0.4) is 0 Å². The summed E-state index contributed by atoms with van der Waals surface area (Å²) in [5.41, 5.74) is -0.0756. The number of ether oxygens (including phenoxy) is 1. The summed E-state index contributed by atoms with van der Waals surface area (Å²) in [7, 11) is -3.56. The molecule has 1 saturated heterocycles. The number of aromatic nitrogens is 1. The molecule has 0 aromatic carbocycles. The van der Waals surface area contributed by atoms with Gasteiger partial charge in [-0.05, 0) is 19.4 Å². The van der Waals surface area contributed by atoms with E-state index in [1.54, 1.807) is 0 Å². The first-order valence-electron chi connectivity index (χ1n) is 5.35. The number of rotatable bonds is 4. The Bertz CT molecular complexity index is 488. The van der Waals surface area contributed by atoms with E-state index in [0.717, 1.165) is 0 Å². The van der Waals surface area contributed by atoms with Gasteiger partial charge in [-0.25, -0.2) is 13.1 Å². The summed E-state index contributed by atoms with van der Waals surface area (Å²) >= 11 is 0. The van der Waals surface area contributed by atoms with Gasteiger partial charge in [0.15, 0.2) is 0 Å². The molecular weight excluding hydrogens is 244 g/mol. The van der Waals surface area contributed by atoms with E-state index in [9.17, 15) is 8.42 Å². The lowest BCUT2D eigenvalue weighted by Crippen LogP contribution is -2.46. The Morgan fingerprint density at radius 1 is 1.65 bits per heavy atom. The van der Waals surface area contributed by atoms with E-state index < -0.39 is 15.6 Å². The Morgan fingerprint density at radius 2 is 2.41 bits per heavy atom. The minimum atomic E-state index is -3.56. The average Bonchev–Trinajstić information content (AvgIpc) is 2.85.